The minimum Gasteiger partial charge on any atom is -0.378 e. The van der Waals surface area contributed by atoms with Crippen LogP contribution in [0.15, 0.2) is 6.07 Å². The van der Waals surface area contributed by atoms with Gasteiger partial charge in [0.05, 0.1) is 23.8 Å². The van der Waals surface area contributed by atoms with Gasteiger partial charge in [-0.1, -0.05) is 20.8 Å². The standard InChI is InChI=1S/C20H24N2O3S/c1-4-12-13-9-16(19(24)22-5-7-25-8-6-22)26-18(13)21-14-10-20(2,3)11-15(23)17(12)14/h9H,4-8,10-11H2,1-3H3. The Kier molecular flexibility index (Phi) is 4.35. The van der Waals surface area contributed by atoms with Gasteiger partial charge in [0.1, 0.15) is 4.83 Å². The smallest absolute Gasteiger partial charge is 0.264 e. The average Bonchev–Trinajstić information content (AvgIpc) is 3.02. The highest BCUT2D eigenvalue weighted by atomic mass is 32.1. The van der Waals surface area contributed by atoms with E-state index in [2.05, 4.69) is 20.8 Å². The van der Waals surface area contributed by atoms with Crippen molar-refractivity contribution in [2.75, 3.05) is 26.3 Å². The van der Waals surface area contributed by atoms with E-state index in [1.807, 2.05) is 11.0 Å². The Balaban J connectivity index is 1.81. The number of Topliss-reactive ketones (excluding diaryl/α,β-unsaturated/α-hetero) is 1. The van der Waals surface area contributed by atoms with Crippen LogP contribution in [0.25, 0.3) is 10.2 Å². The number of pyridine rings is 1. The first-order valence-electron chi connectivity index (χ1n) is 9.25. The molecule has 2 aromatic heterocycles. The molecule has 0 unspecified atom stereocenters. The van der Waals surface area contributed by atoms with Crippen molar-refractivity contribution in [3.8, 4) is 0 Å². The number of hydrogen-bond acceptors (Lipinski definition) is 5. The summed E-state index contributed by atoms with van der Waals surface area (Å²) in [6.07, 6.45) is 2.14. The molecule has 5 nitrogen and oxygen atoms in total. The monoisotopic (exact) mass is 372 g/mol. The summed E-state index contributed by atoms with van der Waals surface area (Å²) in [4.78, 5) is 33.9. The topological polar surface area (TPSA) is 59.5 Å². The number of carbonyl (C=O) groups excluding carboxylic acids is 2. The number of fused-ring (bicyclic) bond motifs is 2. The van der Waals surface area contributed by atoms with Crippen molar-refractivity contribution in [3.05, 3.63) is 27.8 Å². The predicted molar refractivity (Wildman–Crippen MR) is 102 cm³/mol. The van der Waals surface area contributed by atoms with Crippen LogP contribution in [0.4, 0.5) is 0 Å². The number of aryl methyl sites for hydroxylation is 1. The highest BCUT2D eigenvalue weighted by molar-refractivity contribution is 7.20. The molecular weight excluding hydrogens is 348 g/mol. The van der Waals surface area contributed by atoms with Gasteiger partial charge in [0, 0.05) is 30.5 Å². The minimum atomic E-state index is -0.0561. The molecule has 0 bridgehead atoms. The zero-order valence-electron chi connectivity index (χ0n) is 15.6. The molecule has 2 aliphatic rings. The van der Waals surface area contributed by atoms with Crippen LogP contribution in [0.5, 0.6) is 0 Å². The van der Waals surface area contributed by atoms with E-state index in [1.165, 1.54) is 11.3 Å². The van der Waals surface area contributed by atoms with Gasteiger partial charge in [-0.05, 0) is 29.9 Å². The molecule has 0 spiro atoms. The van der Waals surface area contributed by atoms with Gasteiger partial charge in [0.25, 0.3) is 5.91 Å². The molecule has 1 amide bonds. The summed E-state index contributed by atoms with van der Waals surface area (Å²) >= 11 is 1.45. The maximum atomic E-state index is 12.8. The minimum absolute atomic E-state index is 0.0444. The van der Waals surface area contributed by atoms with Crippen molar-refractivity contribution in [2.24, 2.45) is 5.41 Å². The quantitative estimate of drug-likeness (QED) is 0.810. The highest BCUT2D eigenvalue weighted by Gasteiger charge is 2.34. The molecule has 0 radical (unpaired) electrons. The summed E-state index contributed by atoms with van der Waals surface area (Å²) in [7, 11) is 0. The molecular formula is C20H24N2O3S. The molecule has 4 rings (SSSR count). The molecule has 138 valence electrons. The number of amides is 1. The first-order chi connectivity index (χ1) is 12.4. The number of morpholine rings is 1. The van der Waals surface area contributed by atoms with Crippen LogP contribution < -0.4 is 0 Å². The lowest BCUT2D eigenvalue weighted by molar-refractivity contribution is 0.0306. The van der Waals surface area contributed by atoms with Gasteiger partial charge in [0.15, 0.2) is 5.78 Å². The summed E-state index contributed by atoms with van der Waals surface area (Å²) in [5.41, 5.74) is 2.72. The summed E-state index contributed by atoms with van der Waals surface area (Å²) in [6.45, 7) is 8.75. The summed E-state index contributed by atoms with van der Waals surface area (Å²) in [5.74, 6) is 0.234. The Labute approximate surface area is 157 Å². The number of rotatable bonds is 2. The lowest BCUT2D eigenvalue weighted by Crippen LogP contribution is -2.40. The number of ether oxygens (including phenoxy) is 1. The second-order valence-electron chi connectivity index (χ2n) is 7.94. The van der Waals surface area contributed by atoms with Crippen molar-refractivity contribution < 1.29 is 14.3 Å². The summed E-state index contributed by atoms with van der Waals surface area (Å²) < 4.78 is 5.34. The van der Waals surface area contributed by atoms with E-state index < -0.39 is 0 Å². The second kappa shape index (κ2) is 6.43. The van der Waals surface area contributed by atoms with E-state index in [4.69, 9.17) is 9.72 Å². The number of carbonyl (C=O) groups is 2. The number of aromatic nitrogens is 1. The van der Waals surface area contributed by atoms with Crippen LogP contribution >= 0.6 is 11.3 Å². The van der Waals surface area contributed by atoms with Crippen LogP contribution in [-0.4, -0.2) is 47.9 Å². The van der Waals surface area contributed by atoms with E-state index in [1.54, 1.807) is 0 Å². The molecule has 0 aromatic carbocycles. The van der Waals surface area contributed by atoms with Gasteiger partial charge < -0.3 is 9.64 Å². The van der Waals surface area contributed by atoms with Crippen LogP contribution in [0.1, 0.15) is 58.5 Å². The Bertz CT molecular complexity index is 894. The van der Waals surface area contributed by atoms with E-state index in [0.717, 1.165) is 39.9 Å². The maximum Gasteiger partial charge on any atom is 0.264 e. The second-order valence-corrected chi connectivity index (χ2v) is 8.97. The summed E-state index contributed by atoms with van der Waals surface area (Å²) in [6, 6.07) is 1.94. The maximum absolute atomic E-state index is 12.8. The number of ketones is 1. The highest BCUT2D eigenvalue weighted by Crippen LogP contribution is 2.39. The lowest BCUT2D eigenvalue weighted by Gasteiger charge is -2.30. The molecule has 1 aliphatic carbocycles. The molecule has 1 fully saturated rings. The third kappa shape index (κ3) is 2.95. The Hall–Kier alpha value is -1.79. The fraction of sp³-hybridized carbons (Fsp3) is 0.550. The largest absolute Gasteiger partial charge is 0.378 e. The van der Waals surface area contributed by atoms with Crippen LogP contribution in [0.2, 0.25) is 0 Å². The Morgan fingerprint density at radius 1 is 1.31 bits per heavy atom. The molecule has 0 saturated carbocycles. The van der Waals surface area contributed by atoms with E-state index in [0.29, 0.717) is 37.6 Å². The van der Waals surface area contributed by atoms with Gasteiger partial charge in [-0.15, -0.1) is 11.3 Å². The molecule has 6 heteroatoms. The third-order valence-corrected chi connectivity index (χ3v) is 6.31. The van der Waals surface area contributed by atoms with E-state index in [-0.39, 0.29) is 17.1 Å². The Morgan fingerprint density at radius 3 is 2.73 bits per heavy atom. The van der Waals surface area contributed by atoms with Crippen LogP contribution in [-0.2, 0) is 17.6 Å². The van der Waals surface area contributed by atoms with Gasteiger partial charge in [-0.2, -0.15) is 0 Å². The summed E-state index contributed by atoms with van der Waals surface area (Å²) in [5, 5.41) is 0.973. The molecule has 0 N–H and O–H groups in total. The molecule has 1 aliphatic heterocycles. The first kappa shape index (κ1) is 17.6. The van der Waals surface area contributed by atoms with Gasteiger partial charge >= 0.3 is 0 Å². The fourth-order valence-corrected chi connectivity index (χ4v) is 5.11. The van der Waals surface area contributed by atoms with Crippen molar-refractivity contribution in [1.29, 1.82) is 0 Å². The SMILES string of the molecule is CCc1c2c(nc3sc(C(=O)N4CCOCC4)cc13)CC(C)(C)CC2=O. The zero-order chi connectivity index (χ0) is 18.5. The fourth-order valence-electron chi connectivity index (χ4n) is 4.06. The average molecular weight is 372 g/mol. The van der Waals surface area contributed by atoms with E-state index in [9.17, 15) is 9.59 Å². The zero-order valence-corrected chi connectivity index (χ0v) is 16.4. The third-order valence-electron chi connectivity index (χ3n) is 5.29. The Morgan fingerprint density at radius 2 is 2.04 bits per heavy atom. The van der Waals surface area contributed by atoms with Crippen LogP contribution in [0, 0.1) is 5.41 Å². The number of nitrogens with zero attached hydrogens (tertiary/aromatic N) is 2. The molecule has 2 aromatic rings. The molecule has 0 atom stereocenters. The molecule has 1 saturated heterocycles. The normalized spacial score (nSPS) is 19.7. The number of hydrogen-bond donors (Lipinski definition) is 0. The van der Waals surface area contributed by atoms with E-state index >= 15 is 0 Å². The molecule has 26 heavy (non-hydrogen) atoms. The van der Waals surface area contributed by atoms with Crippen molar-refractivity contribution in [2.45, 2.75) is 40.0 Å². The number of thiophene rings is 1. The molecule has 3 heterocycles. The lowest BCUT2D eigenvalue weighted by atomic mass is 9.74. The van der Waals surface area contributed by atoms with Gasteiger partial charge in [-0.3, -0.25) is 9.59 Å². The van der Waals surface area contributed by atoms with Crippen molar-refractivity contribution in [1.82, 2.24) is 9.88 Å². The van der Waals surface area contributed by atoms with Gasteiger partial charge in [-0.25, -0.2) is 4.98 Å². The van der Waals surface area contributed by atoms with Crippen molar-refractivity contribution in [3.63, 3.8) is 0 Å². The van der Waals surface area contributed by atoms with Crippen LogP contribution in [0.3, 0.4) is 0 Å². The van der Waals surface area contributed by atoms with Gasteiger partial charge in [0.2, 0.25) is 0 Å². The predicted octanol–water partition coefficient (Wildman–Crippen LogP) is 3.49. The first-order valence-corrected chi connectivity index (χ1v) is 10.1. The van der Waals surface area contributed by atoms with Crippen molar-refractivity contribution >= 4 is 33.2 Å².